The van der Waals surface area contributed by atoms with Gasteiger partial charge in [0.25, 0.3) is 0 Å². The van der Waals surface area contributed by atoms with Gasteiger partial charge in [0.1, 0.15) is 41.7 Å². The summed E-state index contributed by atoms with van der Waals surface area (Å²) in [5.41, 5.74) is 3.45. The van der Waals surface area contributed by atoms with E-state index in [9.17, 15) is 5.11 Å². The van der Waals surface area contributed by atoms with E-state index in [0.29, 0.717) is 23.7 Å². The first-order valence-corrected chi connectivity index (χ1v) is 23.1. The smallest absolute Gasteiger partial charge is 0.245 e. The third-order valence-corrected chi connectivity index (χ3v) is 12.2. The van der Waals surface area contributed by atoms with Crippen molar-refractivity contribution in [2.75, 3.05) is 27.4 Å². The number of benzene rings is 4. The summed E-state index contributed by atoms with van der Waals surface area (Å²) in [7, 11) is 1.94. The molecule has 11 nitrogen and oxygen atoms in total. The summed E-state index contributed by atoms with van der Waals surface area (Å²) >= 11 is 3.51. The molecule has 1 fully saturated rings. The van der Waals surface area contributed by atoms with E-state index < -0.39 is 38.2 Å². The molecule has 1 N–H and O–H groups in total. The van der Waals surface area contributed by atoms with Crippen LogP contribution < -0.4 is 14.2 Å². The Balaban J connectivity index is 1.25. The molecule has 292 valence electrons. The molecule has 0 aliphatic carbocycles. The predicted molar refractivity (Wildman–Crippen MR) is 220 cm³/mol. The highest BCUT2D eigenvalue weighted by Gasteiger charge is 2.48. The summed E-state index contributed by atoms with van der Waals surface area (Å²) in [5, 5.41) is 12.1. The monoisotopic (exact) mass is 838 g/mol. The number of hydrogen-bond acceptors (Lipinski definition) is 10. The van der Waals surface area contributed by atoms with Crippen molar-refractivity contribution in [1.82, 2.24) is 19.5 Å². The molecule has 2 unspecified atom stereocenters. The Hall–Kier alpha value is -4.63. The number of rotatable bonds is 16. The molecule has 0 amide bonds. The van der Waals surface area contributed by atoms with Crippen molar-refractivity contribution in [3.8, 4) is 17.4 Å². The molecule has 3 heterocycles. The van der Waals surface area contributed by atoms with Crippen LogP contribution in [0.3, 0.4) is 0 Å². The van der Waals surface area contributed by atoms with Crippen molar-refractivity contribution in [1.29, 1.82) is 0 Å². The van der Waals surface area contributed by atoms with Gasteiger partial charge >= 0.3 is 0 Å². The van der Waals surface area contributed by atoms with E-state index in [1.807, 2.05) is 103 Å². The third-order valence-electron chi connectivity index (χ3n) is 10.00. The van der Waals surface area contributed by atoms with Gasteiger partial charge in [0.15, 0.2) is 17.4 Å². The number of nitrogens with zero attached hydrogens (tertiary/aromatic N) is 4. The van der Waals surface area contributed by atoms with Crippen LogP contribution in [0.5, 0.6) is 17.4 Å². The molecular weight excluding hydrogens is 792 g/mol. The first-order valence-electron chi connectivity index (χ1n) is 18.6. The number of aromatic nitrogens is 4. The van der Waals surface area contributed by atoms with Crippen molar-refractivity contribution in [2.24, 2.45) is 0 Å². The van der Waals surface area contributed by atoms with Crippen molar-refractivity contribution in [2.45, 2.75) is 62.4 Å². The lowest BCUT2D eigenvalue weighted by molar-refractivity contribution is -0.0968. The van der Waals surface area contributed by atoms with Gasteiger partial charge in [-0.15, -0.1) is 0 Å². The molecule has 7 rings (SSSR count). The fourth-order valence-corrected chi connectivity index (χ4v) is 7.87. The summed E-state index contributed by atoms with van der Waals surface area (Å²) < 4.78 is 40.4. The van der Waals surface area contributed by atoms with E-state index >= 15 is 0 Å². The van der Waals surface area contributed by atoms with Gasteiger partial charge in [0.05, 0.1) is 40.4 Å². The number of ether oxygens (including phenoxy) is 6. The Kier molecular flexibility index (Phi) is 12.2. The molecule has 0 saturated carbocycles. The number of imidazole rings is 1. The summed E-state index contributed by atoms with van der Waals surface area (Å²) in [4.78, 5) is 13.7. The van der Waals surface area contributed by atoms with Crippen molar-refractivity contribution >= 4 is 35.2 Å². The largest absolute Gasteiger partial charge is 0.497 e. The Morgan fingerprint density at radius 2 is 1.43 bits per heavy atom. The molecular formula is C43H47BrN4O7Si. The van der Waals surface area contributed by atoms with E-state index in [1.165, 1.54) is 6.33 Å². The number of methoxy groups -OCH3 is 2. The SMILES string of the molecule is COc1ccc(C(OCC2OC(n3cnc4c(OCC[Si](C)(C)C)ncnc43)[C@H](OCc3ccc(Br)cc3)[C@@H]2O)(c2ccccc2)c2ccc(OC)cc2)cc1. The zero-order valence-corrected chi connectivity index (χ0v) is 34.8. The third kappa shape index (κ3) is 8.53. The number of aliphatic hydroxyl groups is 1. The van der Waals surface area contributed by atoms with Gasteiger partial charge in [-0.2, -0.15) is 4.98 Å². The van der Waals surface area contributed by atoms with E-state index in [2.05, 4.69) is 50.5 Å². The van der Waals surface area contributed by atoms with Gasteiger partial charge in [-0.25, -0.2) is 9.97 Å². The zero-order chi connectivity index (χ0) is 39.3. The molecule has 4 aromatic carbocycles. The molecule has 13 heteroatoms. The average molecular weight is 840 g/mol. The summed E-state index contributed by atoms with van der Waals surface area (Å²) in [6.07, 6.45) is -0.430. The Labute approximate surface area is 336 Å². The molecule has 0 radical (unpaired) electrons. The minimum absolute atomic E-state index is 0.00453. The van der Waals surface area contributed by atoms with E-state index in [-0.39, 0.29) is 13.2 Å². The fraction of sp³-hybridized carbons (Fsp3) is 0.326. The van der Waals surface area contributed by atoms with Crippen LogP contribution >= 0.6 is 15.9 Å². The lowest BCUT2D eigenvalue weighted by Crippen LogP contribution is -2.40. The van der Waals surface area contributed by atoms with Crippen LogP contribution in [-0.2, 0) is 26.4 Å². The van der Waals surface area contributed by atoms with E-state index in [1.54, 1.807) is 25.1 Å². The maximum Gasteiger partial charge on any atom is 0.245 e. The van der Waals surface area contributed by atoms with Gasteiger partial charge < -0.3 is 33.5 Å². The second kappa shape index (κ2) is 17.2. The lowest BCUT2D eigenvalue weighted by Gasteiger charge is -2.37. The van der Waals surface area contributed by atoms with Crippen molar-refractivity contribution in [3.05, 3.63) is 143 Å². The van der Waals surface area contributed by atoms with Gasteiger partial charge in [-0.3, -0.25) is 4.57 Å². The molecule has 1 saturated heterocycles. The maximum atomic E-state index is 12.1. The van der Waals surface area contributed by atoms with Gasteiger partial charge in [0, 0.05) is 12.5 Å². The molecule has 2 aromatic heterocycles. The minimum Gasteiger partial charge on any atom is -0.497 e. The van der Waals surface area contributed by atoms with Crippen LogP contribution in [0.25, 0.3) is 11.2 Å². The van der Waals surface area contributed by atoms with E-state index in [4.69, 9.17) is 28.4 Å². The van der Waals surface area contributed by atoms with Crippen LogP contribution in [-0.4, -0.2) is 78.4 Å². The Bertz CT molecular complexity index is 2130. The standard InChI is InChI=1S/C43H47BrN4O7Si/c1-50-34-19-13-31(14-20-34)43(30-9-7-6-8-10-30,32-15-21-35(51-2)22-16-32)54-26-36-38(49)39(53-25-29-11-17-33(44)18-12-29)42(55-36)48-28-47-37-40(48)45-27-46-41(37)52-23-24-56(3,4)5/h6-22,27-28,36,38-39,42,49H,23-26H2,1-5H3/t36?,38-,39-,42?/m1/s1. The van der Waals surface area contributed by atoms with Gasteiger partial charge in [0.2, 0.25) is 5.88 Å². The van der Waals surface area contributed by atoms with E-state index in [0.717, 1.165) is 44.3 Å². The second-order valence-electron chi connectivity index (χ2n) is 14.9. The van der Waals surface area contributed by atoms with Crippen molar-refractivity contribution < 1.29 is 33.5 Å². The fourth-order valence-electron chi connectivity index (χ4n) is 6.89. The van der Waals surface area contributed by atoms with Crippen LogP contribution in [0.1, 0.15) is 28.5 Å². The van der Waals surface area contributed by atoms with Crippen LogP contribution in [0.4, 0.5) is 0 Å². The number of hydrogen-bond donors (Lipinski definition) is 1. The lowest BCUT2D eigenvalue weighted by atomic mass is 9.80. The quantitative estimate of drug-likeness (QED) is 0.0756. The molecule has 0 spiro atoms. The second-order valence-corrected chi connectivity index (χ2v) is 21.5. The average Bonchev–Trinajstić information content (AvgIpc) is 3.79. The molecule has 1 aliphatic heterocycles. The maximum absolute atomic E-state index is 12.1. The van der Waals surface area contributed by atoms with Gasteiger partial charge in [-0.05, 0) is 64.7 Å². The number of aliphatic hydroxyl groups excluding tert-OH is 1. The van der Waals surface area contributed by atoms with Crippen molar-refractivity contribution in [3.63, 3.8) is 0 Å². The van der Waals surface area contributed by atoms with Crippen LogP contribution in [0.15, 0.2) is 120 Å². The highest BCUT2D eigenvalue weighted by molar-refractivity contribution is 9.10. The Morgan fingerprint density at radius 1 is 0.804 bits per heavy atom. The van der Waals surface area contributed by atoms with Crippen LogP contribution in [0, 0.1) is 0 Å². The molecule has 6 aromatic rings. The van der Waals surface area contributed by atoms with Gasteiger partial charge in [-0.1, -0.05) is 102 Å². The highest BCUT2D eigenvalue weighted by Crippen LogP contribution is 2.43. The summed E-state index contributed by atoms with van der Waals surface area (Å²) in [5.74, 6) is 1.84. The number of fused-ring (bicyclic) bond motifs is 1. The first kappa shape index (κ1) is 39.6. The molecule has 0 bridgehead atoms. The molecule has 1 aliphatic rings. The minimum atomic E-state index is -1.34. The zero-order valence-electron chi connectivity index (χ0n) is 32.2. The molecule has 56 heavy (non-hydrogen) atoms. The Morgan fingerprint density at radius 3 is 2.04 bits per heavy atom. The number of halogens is 1. The highest BCUT2D eigenvalue weighted by atomic mass is 79.9. The molecule has 4 atom stereocenters. The predicted octanol–water partition coefficient (Wildman–Crippen LogP) is 8.18. The summed E-state index contributed by atoms with van der Waals surface area (Å²) in [6.45, 7) is 7.68. The topological polar surface area (TPSA) is 119 Å². The summed E-state index contributed by atoms with van der Waals surface area (Å²) in [6, 6.07) is 34.5. The van der Waals surface area contributed by atoms with Crippen LogP contribution in [0.2, 0.25) is 25.7 Å². The first-order chi connectivity index (χ1) is 27.1. The normalized spacial score (nSPS) is 18.6.